The second-order valence-corrected chi connectivity index (χ2v) is 6.48. The van der Waals surface area contributed by atoms with E-state index < -0.39 is 0 Å². The summed E-state index contributed by atoms with van der Waals surface area (Å²) in [5.41, 5.74) is 3.07. The number of hydrogen-bond donors (Lipinski definition) is 1. The van der Waals surface area contributed by atoms with E-state index in [1.54, 1.807) is 19.5 Å². The van der Waals surface area contributed by atoms with Crippen molar-refractivity contribution in [1.82, 2.24) is 19.9 Å². The highest BCUT2D eigenvalue weighted by molar-refractivity contribution is 5.95. The minimum absolute atomic E-state index is 0.144. The summed E-state index contributed by atoms with van der Waals surface area (Å²) < 4.78 is 5.36. The summed E-state index contributed by atoms with van der Waals surface area (Å²) in [6, 6.07) is 9.74. The van der Waals surface area contributed by atoms with Crippen LogP contribution in [0.1, 0.15) is 19.3 Å². The van der Waals surface area contributed by atoms with Crippen LogP contribution in [0.25, 0.3) is 22.2 Å². The third-order valence-corrected chi connectivity index (χ3v) is 4.70. The first-order chi connectivity index (χ1) is 13.3. The SMILES string of the molecule is COc1ncc(-c2ccccc2)c2ncc(NC(=O)N3CCCCC3)nc12. The smallest absolute Gasteiger partial charge is 0.323 e. The van der Waals surface area contributed by atoms with Gasteiger partial charge in [0.15, 0.2) is 11.3 Å². The van der Waals surface area contributed by atoms with Crippen molar-refractivity contribution < 1.29 is 9.53 Å². The van der Waals surface area contributed by atoms with Crippen molar-refractivity contribution in [2.75, 3.05) is 25.5 Å². The van der Waals surface area contributed by atoms with Crippen LogP contribution in [0.4, 0.5) is 10.6 Å². The van der Waals surface area contributed by atoms with Gasteiger partial charge >= 0.3 is 6.03 Å². The Kier molecular flexibility index (Phi) is 4.82. The zero-order valence-electron chi connectivity index (χ0n) is 15.2. The van der Waals surface area contributed by atoms with Crippen molar-refractivity contribution in [1.29, 1.82) is 0 Å². The largest absolute Gasteiger partial charge is 0.479 e. The number of hydrogen-bond acceptors (Lipinski definition) is 5. The van der Waals surface area contributed by atoms with Gasteiger partial charge in [0.05, 0.1) is 13.3 Å². The molecule has 0 aliphatic carbocycles. The van der Waals surface area contributed by atoms with Crippen molar-refractivity contribution in [3.63, 3.8) is 0 Å². The lowest BCUT2D eigenvalue weighted by molar-refractivity contribution is 0.200. The maximum atomic E-state index is 12.4. The number of likely N-dealkylation sites (tertiary alicyclic amines) is 1. The fraction of sp³-hybridized carbons (Fsp3) is 0.300. The van der Waals surface area contributed by atoms with Crippen LogP contribution in [0, 0.1) is 0 Å². The van der Waals surface area contributed by atoms with Gasteiger partial charge in [0.1, 0.15) is 5.52 Å². The van der Waals surface area contributed by atoms with Crippen molar-refractivity contribution >= 4 is 22.9 Å². The van der Waals surface area contributed by atoms with Gasteiger partial charge in [-0.25, -0.2) is 19.7 Å². The minimum Gasteiger partial charge on any atom is -0.479 e. The van der Waals surface area contributed by atoms with E-state index in [1.807, 2.05) is 35.2 Å². The molecule has 7 heteroatoms. The van der Waals surface area contributed by atoms with Gasteiger partial charge < -0.3 is 9.64 Å². The van der Waals surface area contributed by atoms with E-state index >= 15 is 0 Å². The minimum atomic E-state index is -0.144. The highest BCUT2D eigenvalue weighted by Crippen LogP contribution is 2.30. The second-order valence-electron chi connectivity index (χ2n) is 6.48. The van der Waals surface area contributed by atoms with E-state index in [0.717, 1.165) is 37.1 Å². The molecule has 0 spiro atoms. The molecule has 1 saturated heterocycles. The Bertz CT molecular complexity index is 955. The molecule has 4 rings (SSSR count). The van der Waals surface area contributed by atoms with E-state index in [9.17, 15) is 4.79 Å². The number of carbonyl (C=O) groups is 1. The van der Waals surface area contributed by atoms with Gasteiger partial charge in [-0.2, -0.15) is 0 Å². The van der Waals surface area contributed by atoms with Gasteiger partial charge in [0.25, 0.3) is 0 Å². The molecular weight excluding hydrogens is 342 g/mol. The summed E-state index contributed by atoms with van der Waals surface area (Å²) in [5, 5.41) is 2.84. The number of pyridine rings is 1. The van der Waals surface area contributed by atoms with Crippen LogP contribution in [0.15, 0.2) is 42.7 Å². The van der Waals surface area contributed by atoms with Crippen LogP contribution in [-0.4, -0.2) is 46.1 Å². The molecule has 7 nitrogen and oxygen atoms in total. The molecule has 3 heterocycles. The molecule has 1 fully saturated rings. The lowest BCUT2D eigenvalue weighted by Crippen LogP contribution is -2.38. The molecule has 1 aromatic carbocycles. The lowest BCUT2D eigenvalue weighted by Gasteiger charge is -2.26. The maximum Gasteiger partial charge on any atom is 0.323 e. The molecule has 0 radical (unpaired) electrons. The molecule has 1 N–H and O–H groups in total. The molecule has 27 heavy (non-hydrogen) atoms. The average molecular weight is 363 g/mol. The fourth-order valence-electron chi connectivity index (χ4n) is 3.30. The van der Waals surface area contributed by atoms with Gasteiger partial charge in [-0.3, -0.25) is 5.32 Å². The molecule has 2 amide bonds. The number of nitrogens with one attached hydrogen (secondary N) is 1. The number of piperidine rings is 1. The summed E-state index contributed by atoms with van der Waals surface area (Å²) in [7, 11) is 1.55. The number of fused-ring (bicyclic) bond motifs is 1. The standard InChI is InChI=1S/C20H21N5O2/c1-27-19-18-17(15(12-22-19)14-8-4-2-5-9-14)21-13-16(23-18)24-20(26)25-10-6-3-7-11-25/h2,4-5,8-9,12-13H,3,6-7,10-11H2,1H3,(H,23,24,26). The molecule has 1 aliphatic rings. The van der Waals surface area contributed by atoms with Crippen LogP contribution in [0.2, 0.25) is 0 Å². The monoisotopic (exact) mass is 363 g/mol. The van der Waals surface area contributed by atoms with Crippen molar-refractivity contribution in [3.05, 3.63) is 42.7 Å². The number of nitrogens with zero attached hydrogens (tertiary/aromatic N) is 4. The Hall–Kier alpha value is -3.22. The molecule has 0 unspecified atom stereocenters. The number of aromatic nitrogens is 3. The lowest BCUT2D eigenvalue weighted by atomic mass is 10.1. The van der Waals surface area contributed by atoms with Crippen LogP contribution in [0.3, 0.4) is 0 Å². The normalized spacial score (nSPS) is 14.2. The molecule has 0 atom stereocenters. The molecule has 1 aliphatic heterocycles. The van der Waals surface area contributed by atoms with Crippen molar-refractivity contribution in [3.8, 4) is 17.0 Å². The number of anilines is 1. The Morgan fingerprint density at radius 1 is 1.04 bits per heavy atom. The van der Waals surface area contributed by atoms with E-state index in [4.69, 9.17) is 4.74 Å². The predicted octanol–water partition coefficient (Wildman–Crippen LogP) is 3.72. The highest BCUT2D eigenvalue weighted by atomic mass is 16.5. The number of carbonyl (C=O) groups excluding carboxylic acids is 1. The maximum absolute atomic E-state index is 12.4. The van der Waals surface area contributed by atoms with Gasteiger partial charge in [-0.1, -0.05) is 30.3 Å². The Morgan fingerprint density at radius 3 is 2.56 bits per heavy atom. The Balaban J connectivity index is 1.69. The molecule has 0 bridgehead atoms. The Labute approximate surface area is 157 Å². The van der Waals surface area contributed by atoms with Gasteiger partial charge in [0, 0.05) is 24.8 Å². The van der Waals surface area contributed by atoms with E-state index in [1.165, 1.54) is 6.42 Å². The number of rotatable bonds is 3. The number of urea groups is 1. The first-order valence-corrected chi connectivity index (χ1v) is 9.07. The van der Waals surface area contributed by atoms with Crippen LogP contribution >= 0.6 is 0 Å². The fourth-order valence-corrected chi connectivity index (χ4v) is 3.30. The van der Waals surface area contributed by atoms with Crippen LogP contribution < -0.4 is 10.1 Å². The Morgan fingerprint density at radius 2 is 1.81 bits per heavy atom. The molecule has 0 saturated carbocycles. The molecule has 3 aromatic rings. The third-order valence-electron chi connectivity index (χ3n) is 4.70. The van der Waals surface area contributed by atoms with E-state index in [0.29, 0.717) is 22.7 Å². The van der Waals surface area contributed by atoms with Gasteiger partial charge in [-0.05, 0) is 24.8 Å². The van der Waals surface area contributed by atoms with E-state index in [2.05, 4.69) is 20.3 Å². The molecule has 2 aromatic heterocycles. The number of benzene rings is 1. The van der Waals surface area contributed by atoms with Gasteiger partial charge in [0.2, 0.25) is 5.88 Å². The van der Waals surface area contributed by atoms with Crippen LogP contribution in [0.5, 0.6) is 5.88 Å². The number of methoxy groups -OCH3 is 1. The van der Waals surface area contributed by atoms with Crippen molar-refractivity contribution in [2.45, 2.75) is 19.3 Å². The van der Waals surface area contributed by atoms with Crippen LogP contribution in [-0.2, 0) is 0 Å². The predicted molar refractivity (Wildman–Crippen MR) is 104 cm³/mol. The summed E-state index contributed by atoms with van der Waals surface area (Å²) in [4.78, 5) is 27.7. The first-order valence-electron chi connectivity index (χ1n) is 9.07. The van der Waals surface area contributed by atoms with E-state index in [-0.39, 0.29) is 6.03 Å². The third kappa shape index (κ3) is 3.53. The summed E-state index contributed by atoms with van der Waals surface area (Å²) >= 11 is 0. The molecule has 138 valence electrons. The zero-order valence-corrected chi connectivity index (χ0v) is 15.2. The topological polar surface area (TPSA) is 80.2 Å². The number of amides is 2. The molecular formula is C20H21N5O2. The summed E-state index contributed by atoms with van der Waals surface area (Å²) in [5.74, 6) is 0.773. The second kappa shape index (κ2) is 7.57. The zero-order chi connectivity index (χ0) is 18.6. The quantitative estimate of drug-likeness (QED) is 0.767. The average Bonchev–Trinajstić information content (AvgIpc) is 2.74. The highest BCUT2D eigenvalue weighted by Gasteiger charge is 2.18. The first kappa shape index (κ1) is 17.2. The summed E-state index contributed by atoms with van der Waals surface area (Å²) in [6.07, 6.45) is 6.56. The summed E-state index contributed by atoms with van der Waals surface area (Å²) in [6.45, 7) is 1.55. The van der Waals surface area contributed by atoms with Gasteiger partial charge in [-0.15, -0.1) is 0 Å². The number of ether oxygens (including phenoxy) is 1. The van der Waals surface area contributed by atoms with Crippen molar-refractivity contribution in [2.24, 2.45) is 0 Å².